The van der Waals surface area contributed by atoms with Crippen LogP contribution in [-0.2, 0) is 29.1 Å². The van der Waals surface area contributed by atoms with Crippen molar-refractivity contribution in [2.45, 2.75) is 53.3 Å². The fourth-order valence-corrected chi connectivity index (χ4v) is 3.81. The number of aryl methyl sites for hydroxylation is 1. The number of aromatic nitrogens is 4. The average molecular weight is 488 g/mol. The van der Waals surface area contributed by atoms with Crippen LogP contribution in [0.2, 0.25) is 0 Å². The summed E-state index contributed by atoms with van der Waals surface area (Å²) in [4.78, 5) is 26.3. The minimum absolute atomic E-state index is 0.0108. The number of carbonyl (C=O) groups is 2. The molecular formula is C23H26F2N6O4. The Morgan fingerprint density at radius 3 is 2.63 bits per heavy atom. The van der Waals surface area contributed by atoms with Gasteiger partial charge in [0.15, 0.2) is 11.6 Å². The maximum atomic E-state index is 13.9. The van der Waals surface area contributed by atoms with Crippen molar-refractivity contribution in [3.8, 4) is 11.3 Å². The third-order valence-electron chi connectivity index (χ3n) is 5.58. The van der Waals surface area contributed by atoms with Gasteiger partial charge in [0.25, 0.3) is 0 Å². The second-order valence-electron chi connectivity index (χ2n) is 9.30. The van der Waals surface area contributed by atoms with E-state index >= 15 is 0 Å². The second kappa shape index (κ2) is 9.53. The Labute approximate surface area is 200 Å². The molecule has 4 rings (SSSR count). The number of ether oxygens (including phenoxy) is 1. The van der Waals surface area contributed by atoms with E-state index in [1.807, 2.05) is 20.8 Å². The molecule has 10 nitrogen and oxygen atoms in total. The first-order valence-corrected chi connectivity index (χ1v) is 11.1. The highest BCUT2D eigenvalue weighted by Crippen LogP contribution is 2.30. The molecule has 0 aliphatic carbocycles. The van der Waals surface area contributed by atoms with Gasteiger partial charge in [0.1, 0.15) is 6.04 Å². The van der Waals surface area contributed by atoms with Crippen LogP contribution in [0, 0.1) is 24.0 Å². The molecule has 3 aromatic rings. The van der Waals surface area contributed by atoms with Gasteiger partial charge in [-0.1, -0.05) is 20.8 Å². The molecule has 0 unspecified atom stereocenters. The number of benzene rings is 1. The molecule has 1 aromatic carbocycles. The molecule has 1 atom stereocenters. The molecule has 0 fully saturated rings. The van der Waals surface area contributed by atoms with Crippen molar-refractivity contribution in [3.05, 3.63) is 52.9 Å². The predicted octanol–water partition coefficient (Wildman–Crippen LogP) is 2.88. The Balaban J connectivity index is 1.59. The van der Waals surface area contributed by atoms with Gasteiger partial charge in [-0.05, 0) is 23.6 Å². The zero-order chi connectivity index (χ0) is 25.3. The van der Waals surface area contributed by atoms with E-state index in [0.29, 0.717) is 41.4 Å². The molecule has 35 heavy (non-hydrogen) atoms. The lowest BCUT2D eigenvalue weighted by Gasteiger charge is -2.30. The maximum absolute atomic E-state index is 13.9. The first-order valence-electron chi connectivity index (χ1n) is 11.1. The smallest absolute Gasteiger partial charge is 0.343 e. The van der Waals surface area contributed by atoms with Crippen molar-refractivity contribution in [3.63, 3.8) is 0 Å². The van der Waals surface area contributed by atoms with Crippen LogP contribution in [0.3, 0.4) is 0 Å². The Morgan fingerprint density at radius 2 is 1.97 bits per heavy atom. The number of nitrogens with one attached hydrogen (secondary N) is 2. The summed E-state index contributed by atoms with van der Waals surface area (Å²) in [7, 11) is 0. The summed E-state index contributed by atoms with van der Waals surface area (Å²) in [6, 6.07) is 1.87. The van der Waals surface area contributed by atoms with Crippen molar-refractivity contribution in [2.75, 3.05) is 6.61 Å². The molecule has 2 aromatic heterocycles. The number of hydrogen-bond acceptors (Lipinski definition) is 7. The molecule has 0 spiro atoms. The highest BCUT2D eigenvalue weighted by atomic mass is 19.2. The van der Waals surface area contributed by atoms with E-state index in [-0.39, 0.29) is 19.0 Å². The van der Waals surface area contributed by atoms with Gasteiger partial charge in [-0.2, -0.15) is 9.78 Å². The van der Waals surface area contributed by atoms with Gasteiger partial charge in [-0.25, -0.2) is 13.6 Å². The summed E-state index contributed by atoms with van der Waals surface area (Å²) < 4.78 is 39.3. The minimum atomic E-state index is -1.02. The molecule has 3 heterocycles. The van der Waals surface area contributed by atoms with Gasteiger partial charge in [0, 0.05) is 24.5 Å². The van der Waals surface area contributed by atoms with E-state index in [1.165, 1.54) is 10.7 Å². The Hall–Kier alpha value is -3.67. The fraction of sp³-hybridized carbons (Fsp3) is 0.435. The summed E-state index contributed by atoms with van der Waals surface area (Å²) in [6.07, 6.45) is 0.391. The lowest BCUT2D eigenvalue weighted by Crippen LogP contribution is -2.54. The molecule has 2 amide bonds. The normalized spacial score (nSPS) is 14.3. The highest BCUT2D eigenvalue weighted by molar-refractivity contribution is 5.88. The zero-order valence-corrected chi connectivity index (χ0v) is 19.8. The number of amides is 2. The van der Waals surface area contributed by atoms with Crippen molar-refractivity contribution in [1.29, 1.82) is 0 Å². The first-order chi connectivity index (χ1) is 16.5. The van der Waals surface area contributed by atoms with E-state index in [2.05, 4.69) is 25.9 Å². The Kier molecular flexibility index (Phi) is 6.66. The van der Waals surface area contributed by atoms with Gasteiger partial charge in [-0.3, -0.25) is 4.79 Å². The zero-order valence-electron chi connectivity index (χ0n) is 19.8. The van der Waals surface area contributed by atoms with Gasteiger partial charge in [0.05, 0.1) is 31.1 Å². The average Bonchev–Trinajstić information content (AvgIpc) is 3.40. The van der Waals surface area contributed by atoms with E-state index in [1.54, 1.807) is 6.92 Å². The van der Waals surface area contributed by atoms with Gasteiger partial charge in [-0.15, -0.1) is 10.2 Å². The van der Waals surface area contributed by atoms with E-state index in [4.69, 9.17) is 9.15 Å². The van der Waals surface area contributed by atoms with Crippen molar-refractivity contribution in [1.82, 2.24) is 30.6 Å². The van der Waals surface area contributed by atoms with Crippen LogP contribution in [0.4, 0.5) is 13.6 Å². The first kappa shape index (κ1) is 24.5. The molecule has 0 saturated carbocycles. The van der Waals surface area contributed by atoms with Crippen molar-refractivity contribution < 1.29 is 27.5 Å². The predicted molar refractivity (Wildman–Crippen MR) is 119 cm³/mol. The molecule has 2 N–H and O–H groups in total. The summed E-state index contributed by atoms with van der Waals surface area (Å²) in [5.74, 6) is -1.82. The number of hydrogen-bond donors (Lipinski definition) is 2. The topological polar surface area (TPSA) is 124 Å². The molecule has 12 heteroatoms. The van der Waals surface area contributed by atoms with Crippen molar-refractivity contribution in [2.24, 2.45) is 5.41 Å². The molecule has 1 aliphatic rings. The summed E-state index contributed by atoms with van der Waals surface area (Å²) in [6.45, 7) is 7.63. The van der Waals surface area contributed by atoms with E-state index in [0.717, 1.165) is 12.1 Å². The van der Waals surface area contributed by atoms with Crippen LogP contribution in [0.25, 0.3) is 11.3 Å². The SMILES string of the molecule is Cc1nnc(CNC(=O)[C@@H](NC(=O)n2nc(-c3ccc(F)c(F)c3)c3c2CCOC3)C(C)(C)C)o1. The number of fused-ring (bicyclic) bond motifs is 1. The van der Waals surface area contributed by atoms with Gasteiger partial charge in [0.2, 0.25) is 17.7 Å². The molecular weight excluding hydrogens is 462 g/mol. The molecule has 186 valence electrons. The van der Waals surface area contributed by atoms with Crippen LogP contribution in [-0.4, -0.2) is 44.6 Å². The largest absolute Gasteiger partial charge is 0.424 e. The summed E-state index contributed by atoms with van der Waals surface area (Å²) >= 11 is 0. The fourth-order valence-electron chi connectivity index (χ4n) is 3.81. The molecule has 0 bridgehead atoms. The summed E-state index contributed by atoms with van der Waals surface area (Å²) in [5.41, 5.74) is 1.18. The van der Waals surface area contributed by atoms with Gasteiger partial charge >= 0.3 is 6.03 Å². The lowest BCUT2D eigenvalue weighted by molar-refractivity contribution is -0.125. The monoisotopic (exact) mass is 488 g/mol. The van der Waals surface area contributed by atoms with Crippen LogP contribution in [0.1, 0.15) is 43.8 Å². The van der Waals surface area contributed by atoms with Crippen LogP contribution in [0.5, 0.6) is 0 Å². The Morgan fingerprint density at radius 1 is 1.20 bits per heavy atom. The van der Waals surface area contributed by atoms with Crippen LogP contribution >= 0.6 is 0 Å². The molecule has 0 saturated heterocycles. The molecule has 0 radical (unpaired) electrons. The number of carbonyl (C=O) groups excluding carboxylic acids is 2. The van der Waals surface area contributed by atoms with E-state index < -0.39 is 35.0 Å². The Bertz CT molecular complexity index is 1260. The van der Waals surface area contributed by atoms with Crippen LogP contribution < -0.4 is 10.6 Å². The third-order valence-corrected chi connectivity index (χ3v) is 5.58. The van der Waals surface area contributed by atoms with E-state index in [9.17, 15) is 18.4 Å². The number of rotatable bonds is 5. The minimum Gasteiger partial charge on any atom is -0.424 e. The second-order valence-corrected chi connectivity index (χ2v) is 9.30. The lowest BCUT2D eigenvalue weighted by atomic mass is 9.86. The quantitative estimate of drug-likeness (QED) is 0.566. The van der Waals surface area contributed by atoms with Crippen LogP contribution in [0.15, 0.2) is 22.6 Å². The third kappa shape index (κ3) is 5.21. The highest BCUT2D eigenvalue weighted by Gasteiger charge is 2.35. The van der Waals surface area contributed by atoms with Gasteiger partial charge < -0.3 is 19.8 Å². The van der Waals surface area contributed by atoms with Crippen molar-refractivity contribution >= 4 is 11.9 Å². The number of nitrogens with zero attached hydrogens (tertiary/aromatic N) is 4. The maximum Gasteiger partial charge on any atom is 0.343 e. The standard InChI is InChI=1S/C23H26F2N6O4/c1-12-28-29-18(35-12)10-26-21(32)20(23(2,3)4)27-22(33)31-17-7-8-34-11-14(17)19(30-31)13-5-6-15(24)16(25)9-13/h5-6,9,20H,7-8,10-11H2,1-4H3,(H,26,32)(H,27,33)/t20-/m1/s1. The molecule has 1 aliphatic heterocycles. The number of halogens is 2. The summed E-state index contributed by atoms with van der Waals surface area (Å²) in [5, 5.41) is 17.4.